The highest BCUT2D eigenvalue weighted by Crippen LogP contribution is 2.61. The van der Waals surface area contributed by atoms with Gasteiger partial charge in [0.1, 0.15) is 12.1 Å². The number of hydrogen-bond acceptors (Lipinski definition) is 6. The molecule has 0 aromatic rings. The summed E-state index contributed by atoms with van der Waals surface area (Å²) >= 11 is 0. The van der Waals surface area contributed by atoms with E-state index in [1.807, 2.05) is 0 Å². The largest absolute Gasteiger partial charge is 0.394 e. The van der Waals surface area contributed by atoms with Gasteiger partial charge in [0.2, 0.25) is 5.91 Å². The van der Waals surface area contributed by atoms with Crippen LogP contribution in [0.25, 0.3) is 0 Å². The van der Waals surface area contributed by atoms with Crippen molar-refractivity contribution in [3.8, 4) is 0 Å². The lowest BCUT2D eigenvalue weighted by atomic mass is 9.45. The number of aliphatic hydroxyl groups excluding tert-OH is 2. The lowest BCUT2D eigenvalue weighted by Crippen LogP contribution is -2.62. The van der Waals surface area contributed by atoms with E-state index < -0.39 is 24.2 Å². The molecule has 7 heteroatoms. The van der Waals surface area contributed by atoms with Crippen LogP contribution in [0.4, 0.5) is 0 Å². The molecular formula is C25H46N2O5. The predicted molar refractivity (Wildman–Crippen MR) is 124 cm³/mol. The van der Waals surface area contributed by atoms with Crippen LogP contribution >= 0.6 is 0 Å². The highest BCUT2D eigenvalue weighted by Gasteiger charge is 2.57. The molecule has 1 amide bonds. The second-order valence-corrected chi connectivity index (χ2v) is 11.1. The van der Waals surface area contributed by atoms with Crippen molar-refractivity contribution in [2.75, 3.05) is 20.3 Å². The summed E-state index contributed by atoms with van der Waals surface area (Å²) in [5, 5.41) is 25.5. The van der Waals surface area contributed by atoms with Crippen LogP contribution in [0.3, 0.4) is 0 Å². The molecule has 2 unspecified atom stereocenters. The Morgan fingerprint density at radius 1 is 1.28 bits per heavy atom. The van der Waals surface area contributed by atoms with Crippen molar-refractivity contribution in [1.82, 2.24) is 10.4 Å². The molecule has 1 saturated heterocycles. The Bertz CT molecular complexity index is 638. The number of nitrogens with zero attached hydrogens (tertiary/aromatic N) is 1. The molecule has 0 aromatic heterocycles. The third-order valence-corrected chi connectivity index (χ3v) is 9.23. The summed E-state index contributed by atoms with van der Waals surface area (Å²) in [4.78, 5) is 19.7. The first kappa shape index (κ1) is 25.9. The van der Waals surface area contributed by atoms with E-state index >= 15 is 0 Å². The summed E-state index contributed by atoms with van der Waals surface area (Å²) in [5.41, 5.74) is 0.358. The van der Waals surface area contributed by atoms with Gasteiger partial charge in [-0.3, -0.25) is 9.63 Å². The molecule has 1 aliphatic heterocycles. The van der Waals surface area contributed by atoms with Gasteiger partial charge in [-0.05, 0) is 61.7 Å². The van der Waals surface area contributed by atoms with Crippen LogP contribution in [0.15, 0.2) is 0 Å². The number of ether oxygens (including phenoxy) is 1. The fourth-order valence-electron chi connectivity index (χ4n) is 6.94. The molecule has 1 heterocycles. The normalized spacial score (nSPS) is 39.2. The molecule has 186 valence electrons. The van der Waals surface area contributed by atoms with E-state index in [4.69, 9.17) is 9.57 Å². The van der Waals surface area contributed by atoms with Gasteiger partial charge >= 0.3 is 0 Å². The molecule has 32 heavy (non-hydrogen) atoms. The first-order chi connectivity index (χ1) is 15.1. The summed E-state index contributed by atoms with van der Waals surface area (Å²) in [6.07, 6.45) is 2.73. The predicted octanol–water partition coefficient (Wildman–Crippen LogP) is 2.60. The van der Waals surface area contributed by atoms with Crippen molar-refractivity contribution >= 4 is 5.91 Å². The monoisotopic (exact) mass is 454 g/mol. The first-order valence-electron chi connectivity index (χ1n) is 12.7. The van der Waals surface area contributed by atoms with Gasteiger partial charge in [-0.15, -0.1) is 0 Å². The van der Waals surface area contributed by atoms with Crippen molar-refractivity contribution in [2.24, 2.45) is 35.0 Å². The van der Waals surface area contributed by atoms with Crippen molar-refractivity contribution < 1.29 is 24.6 Å². The van der Waals surface area contributed by atoms with E-state index in [2.05, 4.69) is 39.9 Å². The van der Waals surface area contributed by atoms with Crippen LogP contribution in [0, 0.1) is 35.0 Å². The number of nitrogens with one attached hydrogen (secondary N) is 1. The number of hydrogen-bond donors (Lipinski definition) is 3. The van der Waals surface area contributed by atoms with Gasteiger partial charge in [0.25, 0.3) is 0 Å². The van der Waals surface area contributed by atoms with Gasteiger partial charge in [-0.25, -0.2) is 0 Å². The molecule has 4 rings (SSSR count). The third-order valence-electron chi connectivity index (χ3n) is 9.23. The fourth-order valence-corrected chi connectivity index (χ4v) is 6.94. The molecule has 2 bridgehead atoms. The molecule has 3 aliphatic carbocycles. The SMILES string of the molecule is CCC(CN1O[C@@H](CO)[C@H]([C@H](C)O)[C@H]1C(=O)N[C@H]1C[C@H]2C[C@H]([C@@H]1C)C2(C)C)C(CC)OC. The molecule has 4 fully saturated rings. The van der Waals surface area contributed by atoms with E-state index in [0.29, 0.717) is 29.7 Å². The van der Waals surface area contributed by atoms with Crippen LogP contribution in [-0.2, 0) is 14.4 Å². The zero-order chi connectivity index (χ0) is 23.8. The van der Waals surface area contributed by atoms with Gasteiger partial charge in [-0.1, -0.05) is 34.6 Å². The zero-order valence-electron chi connectivity index (χ0n) is 21.1. The van der Waals surface area contributed by atoms with E-state index in [0.717, 1.165) is 19.3 Å². The summed E-state index contributed by atoms with van der Waals surface area (Å²) in [6.45, 7) is 13.2. The molecule has 0 aromatic carbocycles. The molecule has 3 N–H and O–H groups in total. The van der Waals surface area contributed by atoms with Gasteiger partial charge < -0.3 is 20.3 Å². The van der Waals surface area contributed by atoms with Gasteiger partial charge in [0.15, 0.2) is 0 Å². The number of hydroxylamine groups is 2. The van der Waals surface area contributed by atoms with E-state index in [1.165, 1.54) is 6.42 Å². The standard InChI is InChI=1S/C25H46N2O5/c1-8-16(20(9-2)31-7)12-27-23(22(15(4)29)21(13-28)32-27)24(30)26-19-11-17-10-18(14(19)3)25(17,5)6/h14-23,28-29H,8-13H2,1-7H3,(H,26,30)/t14-,15-,16?,17+,18+,19-,20?,21-,22-,23-/m0/s1. The maximum Gasteiger partial charge on any atom is 0.240 e. The maximum absolute atomic E-state index is 13.7. The molecule has 10 atom stereocenters. The van der Waals surface area contributed by atoms with Gasteiger partial charge in [0, 0.05) is 25.6 Å². The number of fused-ring (bicyclic) bond motifs is 2. The van der Waals surface area contributed by atoms with Crippen LogP contribution in [0.5, 0.6) is 0 Å². The van der Waals surface area contributed by atoms with E-state index in [-0.39, 0.29) is 30.6 Å². The van der Waals surface area contributed by atoms with Gasteiger partial charge in [0.05, 0.1) is 18.8 Å². The molecule has 0 spiro atoms. The molecule has 0 radical (unpaired) electrons. The zero-order valence-corrected chi connectivity index (χ0v) is 21.1. The molecule has 7 nitrogen and oxygen atoms in total. The summed E-state index contributed by atoms with van der Waals surface area (Å²) in [5.74, 6) is 1.33. The minimum absolute atomic E-state index is 0.0678. The Kier molecular flexibility index (Phi) is 8.30. The number of amides is 1. The molecular weight excluding hydrogens is 408 g/mol. The highest BCUT2D eigenvalue weighted by atomic mass is 16.7. The minimum atomic E-state index is -0.770. The Balaban J connectivity index is 1.78. The Morgan fingerprint density at radius 3 is 2.44 bits per heavy atom. The second-order valence-electron chi connectivity index (χ2n) is 11.1. The number of methoxy groups -OCH3 is 1. The topological polar surface area (TPSA) is 91.3 Å². The van der Waals surface area contributed by atoms with Crippen molar-refractivity contribution in [2.45, 2.75) is 97.6 Å². The Morgan fingerprint density at radius 2 is 1.97 bits per heavy atom. The van der Waals surface area contributed by atoms with Crippen LogP contribution in [-0.4, -0.2) is 71.8 Å². The van der Waals surface area contributed by atoms with Crippen molar-refractivity contribution in [1.29, 1.82) is 0 Å². The maximum atomic E-state index is 13.7. The van der Waals surface area contributed by atoms with Crippen molar-refractivity contribution in [3.05, 3.63) is 0 Å². The number of aliphatic hydroxyl groups is 2. The quantitative estimate of drug-likeness (QED) is 0.470. The Hall–Kier alpha value is -0.730. The van der Waals surface area contributed by atoms with E-state index in [1.54, 1.807) is 19.1 Å². The lowest BCUT2D eigenvalue weighted by molar-refractivity contribution is -0.188. The Labute approximate surface area is 194 Å². The fraction of sp³-hybridized carbons (Fsp3) is 0.960. The smallest absolute Gasteiger partial charge is 0.240 e. The lowest BCUT2D eigenvalue weighted by Gasteiger charge is -2.62. The first-order valence-corrected chi connectivity index (χ1v) is 12.7. The van der Waals surface area contributed by atoms with Crippen LogP contribution < -0.4 is 5.32 Å². The number of carbonyl (C=O) groups is 1. The van der Waals surface area contributed by atoms with E-state index in [9.17, 15) is 15.0 Å². The summed E-state index contributed by atoms with van der Waals surface area (Å²) in [6, 6.07) is -0.484. The summed E-state index contributed by atoms with van der Waals surface area (Å²) < 4.78 is 5.68. The van der Waals surface area contributed by atoms with Gasteiger partial charge in [-0.2, -0.15) is 5.06 Å². The molecule has 4 aliphatic rings. The number of carbonyl (C=O) groups excluding carboxylic acids is 1. The van der Waals surface area contributed by atoms with Crippen molar-refractivity contribution in [3.63, 3.8) is 0 Å². The minimum Gasteiger partial charge on any atom is -0.394 e. The summed E-state index contributed by atoms with van der Waals surface area (Å²) in [7, 11) is 1.72. The molecule has 3 saturated carbocycles. The third kappa shape index (κ3) is 4.61. The number of rotatable bonds is 10. The van der Waals surface area contributed by atoms with Crippen LogP contribution in [0.1, 0.15) is 67.2 Å². The second kappa shape index (κ2) is 10.3. The van der Waals surface area contributed by atoms with Crippen LogP contribution in [0.2, 0.25) is 0 Å². The highest BCUT2D eigenvalue weighted by molar-refractivity contribution is 5.82. The average Bonchev–Trinajstić information content (AvgIpc) is 3.13. The average molecular weight is 455 g/mol.